The van der Waals surface area contributed by atoms with Crippen LogP contribution < -0.4 is 4.74 Å². The van der Waals surface area contributed by atoms with Crippen molar-refractivity contribution in [2.24, 2.45) is 0 Å². The fourth-order valence-corrected chi connectivity index (χ4v) is 1.66. The fourth-order valence-electron chi connectivity index (χ4n) is 1.66. The third-order valence-corrected chi connectivity index (χ3v) is 2.56. The molecule has 92 valence electrons. The van der Waals surface area contributed by atoms with E-state index in [0.717, 1.165) is 16.9 Å². The van der Waals surface area contributed by atoms with Gasteiger partial charge in [-0.05, 0) is 23.8 Å². The Morgan fingerprint density at radius 1 is 1.28 bits per heavy atom. The number of aromatic nitrogens is 1. The Bertz CT molecular complexity index is 549. The van der Waals surface area contributed by atoms with Crippen LogP contribution in [0.25, 0.3) is 11.1 Å². The van der Waals surface area contributed by atoms with Crippen LogP contribution >= 0.6 is 0 Å². The lowest BCUT2D eigenvalue weighted by Gasteiger charge is -2.05. The highest BCUT2D eigenvalue weighted by molar-refractivity contribution is 5.70. The average Bonchev–Trinajstić information content (AvgIpc) is 2.39. The maximum absolute atomic E-state index is 10.6. The molecule has 0 fully saturated rings. The predicted molar refractivity (Wildman–Crippen MR) is 67.6 cm³/mol. The van der Waals surface area contributed by atoms with Crippen molar-refractivity contribution in [1.29, 1.82) is 0 Å². The molecule has 0 aliphatic heterocycles. The molecule has 0 saturated heterocycles. The molecule has 0 amide bonds. The molecule has 0 saturated carbocycles. The minimum absolute atomic E-state index is 0.0572. The minimum atomic E-state index is -0.878. The smallest absolute Gasteiger partial charge is 0.309 e. The van der Waals surface area contributed by atoms with Crippen LogP contribution in [-0.4, -0.2) is 23.2 Å². The molecule has 0 spiro atoms. The number of nitrogens with zero attached hydrogens (tertiary/aromatic N) is 1. The predicted octanol–water partition coefficient (Wildman–Crippen LogP) is 2.38. The molecule has 0 radical (unpaired) electrons. The van der Waals surface area contributed by atoms with Crippen LogP contribution in [0.3, 0.4) is 0 Å². The largest absolute Gasteiger partial charge is 0.497 e. The van der Waals surface area contributed by atoms with Gasteiger partial charge in [0, 0.05) is 11.8 Å². The lowest BCUT2D eigenvalue weighted by Crippen LogP contribution is -2.01. The molecule has 1 aromatic heterocycles. The topological polar surface area (TPSA) is 59.4 Å². The Morgan fingerprint density at radius 2 is 2.11 bits per heavy atom. The van der Waals surface area contributed by atoms with E-state index in [1.807, 2.05) is 30.3 Å². The zero-order valence-corrected chi connectivity index (χ0v) is 9.96. The third kappa shape index (κ3) is 2.85. The van der Waals surface area contributed by atoms with Crippen molar-refractivity contribution in [2.45, 2.75) is 6.42 Å². The van der Waals surface area contributed by atoms with Gasteiger partial charge >= 0.3 is 5.97 Å². The van der Waals surface area contributed by atoms with Crippen LogP contribution in [0.1, 0.15) is 5.69 Å². The van der Waals surface area contributed by atoms with Gasteiger partial charge in [-0.15, -0.1) is 0 Å². The van der Waals surface area contributed by atoms with Gasteiger partial charge in [-0.2, -0.15) is 0 Å². The van der Waals surface area contributed by atoms with Gasteiger partial charge < -0.3 is 9.84 Å². The Labute approximate surface area is 105 Å². The summed E-state index contributed by atoms with van der Waals surface area (Å²) in [5.74, 6) is -0.0984. The number of carbonyl (C=O) groups is 1. The standard InChI is InChI=1S/C14H13NO3/c1-18-13-4-2-3-10(7-13)11-5-6-12(15-9-11)8-14(16)17/h2-7,9H,8H2,1H3,(H,16,17). The summed E-state index contributed by atoms with van der Waals surface area (Å²) in [6.45, 7) is 0. The first-order chi connectivity index (χ1) is 8.69. The van der Waals surface area contributed by atoms with Crippen molar-refractivity contribution in [2.75, 3.05) is 7.11 Å². The van der Waals surface area contributed by atoms with Crippen molar-refractivity contribution >= 4 is 5.97 Å². The molecular weight excluding hydrogens is 230 g/mol. The van der Waals surface area contributed by atoms with Gasteiger partial charge in [-0.1, -0.05) is 18.2 Å². The molecule has 2 aromatic rings. The molecule has 0 aliphatic carbocycles. The van der Waals surface area contributed by atoms with E-state index in [0.29, 0.717) is 5.69 Å². The van der Waals surface area contributed by atoms with Crippen molar-refractivity contribution in [1.82, 2.24) is 4.98 Å². The number of pyridine rings is 1. The van der Waals surface area contributed by atoms with Crippen LogP contribution in [0.5, 0.6) is 5.75 Å². The Balaban J connectivity index is 2.25. The van der Waals surface area contributed by atoms with E-state index in [4.69, 9.17) is 9.84 Å². The Kier molecular flexibility index (Phi) is 3.57. The van der Waals surface area contributed by atoms with E-state index in [2.05, 4.69) is 4.98 Å². The van der Waals surface area contributed by atoms with Gasteiger partial charge in [-0.3, -0.25) is 9.78 Å². The van der Waals surface area contributed by atoms with Crippen LogP contribution in [-0.2, 0) is 11.2 Å². The molecule has 1 aromatic carbocycles. The summed E-state index contributed by atoms with van der Waals surface area (Å²) in [6.07, 6.45) is 1.62. The second kappa shape index (κ2) is 5.31. The van der Waals surface area contributed by atoms with E-state index in [1.54, 1.807) is 19.4 Å². The van der Waals surface area contributed by atoms with Crippen LogP contribution in [0, 0.1) is 0 Å². The fraction of sp³-hybridized carbons (Fsp3) is 0.143. The highest BCUT2D eigenvalue weighted by Crippen LogP contribution is 2.23. The van der Waals surface area contributed by atoms with Crippen molar-refractivity contribution in [3.8, 4) is 16.9 Å². The van der Waals surface area contributed by atoms with Gasteiger partial charge in [-0.25, -0.2) is 0 Å². The highest BCUT2D eigenvalue weighted by atomic mass is 16.5. The normalized spacial score (nSPS) is 10.1. The van der Waals surface area contributed by atoms with E-state index in [9.17, 15) is 4.79 Å². The second-order valence-corrected chi connectivity index (χ2v) is 3.84. The average molecular weight is 243 g/mol. The summed E-state index contributed by atoms with van der Waals surface area (Å²) in [4.78, 5) is 14.7. The molecule has 0 aliphatic rings. The van der Waals surface area contributed by atoms with Crippen LogP contribution in [0.2, 0.25) is 0 Å². The third-order valence-electron chi connectivity index (χ3n) is 2.56. The molecular formula is C14H13NO3. The number of carboxylic acids is 1. The van der Waals surface area contributed by atoms with Gasteiger partial charge in [0.15, 0.2) is 0 Å². The van der Waals surface area contributed by atoms with Gasteiger partial charge in [0.05, 0.1) is 19.2 Å². The first-order valence-corrected chi connectivity index (χ1v) is 5.50. The summed E-state index contributed by atoms with van der Waals surface area (Å²) >= 11 is 0. The summed E-state index contributed by atoms with van der Waals surface area (Å²) in [5, 5.41) is 8.67. The zero-order valence-electron chi connectivity index (χ0n) is 9.96. The van der Waals surface area contributed by atoms with E-state index < -0.39 is 5.97 Å². The molecule has 18 heavy (non-hydrogen) atoms. The highest BCUT2D eigenvalue weighted by Gasteiger charge is 2.03. The maximum Gasteiger partial charge on any atom is 0.309 e. The molecule has 0 unspecified atom stereocenters. The maximum atomic E-state index is 10.6. The monoisotopic (exact) mass is 243 g/mol. The summed E-state index contributed by atoms with van der Waals surface area (Å²) < 4.78 is 5.15. The summed E-state index contributed by atoms with van der Waals surface area (Å²) in [5.41, 5.74) is 2.47. The lowest BCUT2D eigenvalue weighted by atomic mass is 10.1. The number of hydrogen-bond donors (Lipinski definition) is 1. The van der Waals surface area contributed by atoms with Crippen LogP contribution in [0.4, 0.5) is 0 Å². The van der Waals surface area contributed by atoms with Crippen molar-refractivity contribution < 1.29 is 14.6 Å². The number of hydrogen-bond acceptors (Lipinski definition) is 3. The van der Waals surface area contributed by atoms with E-state index in [1.165, 1.54) is 0 Å². The van der Waals surface area contributed by atoms with Crippen molar-refractivity contribution in [3.63, 3.8) is 0 Å². The summed E-state index contributed by atoms with van der Waals surface area (Å²) in [7, 11) is 1.62. The first-order valence-electron chi connectivity index (χ1n) is 5.50. The van der Waals surface area contributed by atoms with Crippen molar-refractivity contribution in [3.05, 3.63) is 48.3 Å². The molecule has 1 heterocycles. The minimum Gasteiger partial charge on any atom is -0.497 e. The van der Waals surface area contributed by atoms with Crippen LogP contribution in [0.15, 0.2) is 42.6 Å². The molecule has 2 rings (SSSR count). The number of benzene rings is 1. The number of ether oxygens (including phenoxy) is 1. The quantitative estimate of drug-likeness (QED) is 0.895. The zero-order chi connectivity index (χ0) is 13.0. The van der Waals surface area contributed by atoms with Gasteiger partial charge in [0.2, 0.25) is 0 Å². The second-order valence-electron chi connectivity index (χ2n) is 3.84. The summed E-state index contributed by atoms with van der Waals surface area (Å²) in [6, 6.07) is 11.2. The van der Waals surface area contributed by atoms with E-state index in [-0.39, 0.29) is 6.42 Å². The number of rotatable bonds is 4. The lowest BCUT2D eigenvalue weighted by molar-refractivity contribution is -0.136. The molecule has 0 atom stereocenters. The van der Waals surface area contributed by atoms with E-state index >= 15 is 0 Å². The number of carboxylic acid groups (broad SMARTS) is 1. The number of methoxy groups -OCH3 is 1. The molecule has 1 N–H and O–H groups in total. The number of aliphatic carboxylic acids is 1. The van der Waals surface area contributed by atoms with Gasteiger partial charge in [0.25, 0.3) is 0 Å². The molecule has 4 heteroatoms. The van der Waals surface area contributed by atoms with Gasteiger partial charge in [0.1, 0.15) is 5.75 Å². The Hall–Kier alpha value is -2.36. The first kappa shape index (κ1) is 12.1. The SMILES string of the molecule is COc1cccc(-c2ccc(CC(=O)O)nc2)c1. The molecule has 4 nitrogen and oxygen atoms in total. The Morgan fingerprint density at radius 3 is 2.72 bits per heavy atom. The molecule has 0 bridgehead atoms.